The monoisotopic (exact) mass is 710 g/mol. The molecule has 0 heterocycles. The largest absolute Gasteiger partial charge is 0.446 e. The Morgan fingerprint density at radius 3 is 0.667 bits per heavy atom. The van der Waals surface area contributed by atoms with Crippen molar-refractivity contribution in [2.75, 3.05) is 0 Å². The first-order chi connectivity index (χ1) is 25.3. The Bertz CT molecular complexity index is 1370. The van der Waals surface area contributed by atoms with Gasteiger partial charge in [-0.2, -0.15) is 0 Å². The molecule has 268 valence electrons. The van der Waals surface area contributed by atoms with Crippen molar-refractivity contribution < 1.29 is 4.12 Å². The second-order valence-electron chi connectivity index (χ2n) is 16.9. The van der Waals surface area contributed by atoms with Gasteiger partial charge in [-0.15, -0.1) is 0 Å². The van der Waals surface area contributed by atoms with Crippen molar-refractivity contribution >= 4 is 38.8 Å². The Balaban J connectivity index is 1.13. The molecule has 8 rings (SSSR count). The van der Waals surface area contributed by atoms with Crippen molar-refractivity contribution in [2.45, 2.75) is 152 Å². The summed E-state index contributed by atoms with van der Waals surface area (Å²) in [5.74, 6) is 2.93. The van der Waals surface area contributed by atoms with Gasteiger partial charge in [-0.1, -0.05) is 174 Å². The van der Waals surface area contributed by atoms with Crippen LogP contribution in [0.4, 0.5) is 0 Å². The van der Waals surface area contributed by atoms with Crippen LogP contribution in [0.1, 0.15) is 174 Å². The first-order valence-electron chi connectivity index (χ1n) is 21.3. The summed E-state index contributed by atoms with van der Waals surface area (Å²) < 4.78 is 7.81. The molecule has 1 nitrogen and oxygen atoms in total. The van der Waals surface area contributed by atoms with Crippen LogP contribution in [-0.4, -0.2) is 18.1 Å². The van der Waals surface area contributed by atoms with E-state index < -0.39 is 18.1 Å². The molecule has 0 spiro atoms. The summed E-state index contributed by atoms with van der Waals surface area (Å²) in [7, 11) is -3.98. The second kappa shape index (κ2) is 17.4. The summed E-state index contributed by atoms with van der Waals surface area (Å²) in [5, 5.41) is 5.76. The molecule has 0 unspecified atom stereocenters. The summed E-state index contributed by atoms with van der Waals surface area (Å²) in [6, 6.07) is 39.5. The highest BCUT2D eigenvalue weighted by Crippen LogP contribution is 2.35. The Kier molecular flexibility index (Phi) is 12.0. The number of rotatable bonds is 10. The molecule has 0 amide bonds. The molecular formula is C48H62OSi2. The van der Waals surface area contributed by atoms with E-state index in [1.807, 2.05) is 0 Å². The van der Waals surface area contributed by atoms with Crippen LogP contribution in [-0.2, 0) is 4.12 Å². The second-order valence-corrected chi connectivity index (χ2v) is 22.2. The van der Waals surface area contributed by atoms with Crippen LogP contribution >= 0.6 is 0 Å². The van der Waals surface area contributed by atoms with Gasteiger partial charge in [-0.3, -0.25) is 0 Å². The third-order valence-corrected chi connectivity index (χ3v) is 19.7. The fourth-order valence-electron chi connectivity index (χ4n) is 10.4. The maximum Gasteiger partial charge on any atom is 0.228 e. The molecule has 4 fully saturated rings. The molecule has 0 atom stereocenters. The minimum absolute atomic E-state index is 0.732. The van der Waals surface area contributed by atoms with Crippen LogP contribution in [0.3, 0.4) is 0 Å². The van der Waals surface area contributed by atoms with Gasteiger partial charge in [0.15, 0.2) is 0 Å². The normalized spacial score (nSPS) is 20.3. The minimum Gasteiger partial charge on any atom is -0.446 e. The SMILES string of the molecule is c1cc([SiH](O[SiH](c2ccc(C3CCCCC3)cc2)c2ccc(C3CCCCC3)cc2)c2ccc(C3CCCCC3)cc2)ccc1C1CCCCC1. The molecule has 4 aliphatic carbocycles. The topological polar surface area (TPSA) is 9.23 Å². The minimum atomic E-state index is -1.99. The molecule has 0 aliphatic heterocycles. The van der Waals surface area contributed by atoms with Gasteiger partial charge in [0.1, 0.15) is 0 Å². The molecule has 51 heavy (non-hydrogen) atoms. The standard InChI is InChI=1S/C48H62OSi2/c1-5-13-37(14-6-1)41-21-29-45(30-22-41)50(46-31-23-42(24-32-46)38-15-7-2-8-16-38)49-51(47-33-25-43(26-34-47)39-17-9-3-10-18-39)48-35-27-44(28-36-48)40-19-11-4-12-20-40/h21-40,50-51H,1-20H2. The van der Waals surface area contributed by atoms with E-state index in [4.69, 9.17) is 4.12 Å². The van der Waals surface area contributed by atoms with Crippen molar-refractivity contribution in [3.8, 4) is 0 Å². The molecule has 0 N–H and O–H groups in total. The third kappa shape index (κ3) is 8.74. The molecule has 4 aliphatic rings. The average Bonchev–Trinajstić information content (AvgIpc) is 3.23. The predicted molar refractivity (Wildman–Crippen MR) is 223 cm³/mol. The molecule has 3 heteroatoms. The van der Waals surface area contributed by atoms with E-state index in [2.05, 4.69) is 97.1 Å². The number of benzene rings is 4. The van der Waals surface area contributed by atoms with Crippen molar-refractivity contribution in [1.82, 2.24) is 0 Å². The zero-order valence-corrected chi connectivity index (χ0v) is 33.6. The van der Waals surface area contributed by atoms with Gasteiger partial charge in [0.25, 0.3) is 0 Å². The highest BCUT2D eigenvalue weighted by Gasteiger charge is 2.29. The summed E-state index contributed by atoms with van der Waals surface area (Å²) >= 11 is 0. The van der Waals surface area contributed by atoms with Crippen molar-refractivity contribution in [2.24, 2.45) is 0 Å². The highest BCUT2D eigenvalue weighted by molar-refractivity contribution is 6.91. The smallest absolute Gasteiger partial charge is 0.228 e. The maximum atomic E-state index is 7.81. The van der Waals surface area contributed by atoms with E-state index in [0.29, 0.717) is 0 Å². The fraction of sp³-hybridized carbons (Fsp3) is 0.500. The number of hydrogen-bond acceptors (Lipinski definition) is 1. The van der Waals surface area contributed by atoms with E-state index in [1.165, 1.54) is 149 Å². The van der Waals surface area contributed by atoms with Crippen LogP contribution in [0.25, 0.3) is 0 Å². The quantitative estimate of drug-likeness (QED) is 0.149. The zero-order chi connectivity index (χ0) is 34.2. The van der Waals surface area contributed by atoms with E-state index in [9.17, 15) is 0 Å². The van der Waals surface area contributed by atoms with Gasteiger partial charge in [0.2, 0.25) is 18.1 Å². The van der Waals surface area contributed by atoms with E-state index in [-0.39, 0.29) is 0 Å². The maximum absolute atomic E-state index is 7.81. The van der Waals surface area contributed by atoms with Crippen LogP contribution in [0.15, 0.2) is 97.1 Å². The van der Waals surface area contributed by atoms with Gasteiger partial charge in [-0.25, -0.2) is 0 Å². The van der Waals surface area contributed by atoms with Crippen molar-refractivity contribution in [1.29, 1.82) is 0 Å². The summed E-state index contributed by atoms with van der Waals surface area (Å²) in [5.41, 5.74) is 6.18. The molecule has 4 saturated carbocycles. The van der Waals surface area contributed by atoms with Gasteiger partial charge in [-0.05, 0) is 118 Å². The lowest BCUT2D eigenvalue weighted by molar-refractivity contribution is 0.443. The number of hydrogen-bond donors (Lipinski definition) is 0. The predicted octanol–water partition coefficient (Wildman–Crippen LogP) is 10.3. The average molecular weight is 711 g/mol. The fourth-order valence-corrected chi connectivity index (χ4v) is 16.9. The van der Waals surface area contributed by atoms with Crippen LogP contribution in [0, 0.1) is 0 Å². The molecule has 0 radical (unpaired) electrons. The Hall–Kier alpha value is -2.73. The molecule has 0 bridgehead atoms. The molecule has 4 aromatic carbocycles. The van der Waals surface area contributed by atoms with Crippen LogP contribution < -0.4 is 20.7 Å². The Labute approximate surface area is 313 Å². The van der Waals surface area contributed by atoms with Gasteiger partial charge < -0.3 is 4.12 Å². The van der Waals surface area contributed by atoms with Gasteiger partial charge >= 0.3 is 0 Å². The summed E-state index contributed by atoms with van der Waals surface area (Å²) in [6.07, 6.45) is 27.5. The van der Waals surface area contributed by atoms with E-state index in [1.54, 1.807) is 22.3 Å². The lowest BCUT2D eigenvalue weighted by Gasteiger charge is -2.28. The molecule has 0 saturated heterocycles. The molecular weight excluding hydrogens is 649 g/mol. The lowest BCUT2D eigenvalue weighted by atomic mass is 9.84. The Morgan fingerprint density at radius 1 is 0.275 bits per heavy atom. The molecule has 0 aromatic heterocycles. The Morgan fingerprint density at radius 2 is 0.471 bits per heavy atom. The van der Waals surface area contributed by atoms with Crippen LogP contribution in [0.5, 0.6) is 0 Å². The van der Waals surface area contributed by atoms with E-state index >= 15 is 0 Å². The third-order valence-electron chi connectivity index (χ3n) is 13.5. The van der Waals surface area contributed by atoms with Crippen molar-refractivity contribution in [3.63, 3.8) is 0 Å². The van der Waals surface area contributed by atoms with Gasteiger partial charge in [0, 0.05) is 0 Å². The van der Waals surface area contributed by atoms with Crippen molar-refractivity contribution in [3.05, 3.63) is 119 Å². The highest BCUT2D eigenvalue weighted by atomic mass is 28.4. The van der Waals surface area contributed by atoms with Gasteiger partial charge in [0.05, 0.1) is 0 Å². The summed E-state index contributed by atoms with van der Waals surface area (Å²) in [4.78, 5) is 0. The zero-order valence-electron chi connectivity index (χ0n) is 31.3. The lowest BCUT2D eigenvalue weighted by Crippen LogP contribution is -2.56. The molecule has 4 aromatic rings. The van der Waals surface area contributed by atoms with E-state index in [0.717, 1.165) is 23.7 Å². The first-order valence-corrected chi connectivity index (χ1v) is 24.6. The first kappa shape index (κ1) is 35.3. The van der Waals surface area contributed by atoms with Crippen LogP contribution in [0.2, 0.25) is 0 Å². The summed E-state index contributed by atoms with van der Waals surface area (Å²) in [6.45, 7) is 0.